The van der Waals surface area contributed by atoms with Crippen LogP contribution in [0.2, 0.25) is 0 Å². The monoisotopic (exact) mass is 413 g/mol. The number of nitrogens with one attached hydrogen (secondary N) is 1. The zero-order valence-corrected chi connectivity index (χ0v) is 16.5. The number of hydrogen-bond donors (Lipinski definition) is 2. The van der Waals surface area contributed by atoms with Gasteiger partial charge in [0.1, 0.15) is 5.82 Å². The number of benzene rings is 2. The Bertz CT molecular complexity index is 1010. The molecule has 0 spiro atoms. The Morgan fingerprint density at radius 2 is 1.83 bits per heavy atom. The first-order valence-corrected chi connectivity index (χ1v) is 9.82. The molecule has 0 fully saturated rings. The van der Waals surface area contributed by atoms with Gasteiger partial charge in [-0.15, -0.1) is 10.2 Å². The Balaban J connectivity index is 1.90. The van der Waals surface area contributed by atoms with Gasteiger partial charge >= 0.3 is 6.03 Å². The molecule has 3 rings (SSSR count). The molecule has 0 radical (unpaired) electrons. The maximum Gasteiger partial charge on any atom is 0.318 e. The van der Waals surface area contributed by atoms with Gasteiger partial charge in [0.15, 0.2) is 11.0 Å². The van der Waals surface area contributed by atoms with Crippen molar-refractivity contribution in [3.8, 4) is 11.4 Å². The lowest BCUT2D eigenvalue weighted by Gasteiger charge is -2.13. The third-order valence-electron chi connectivity index (χ3n) is 4.20. The van der Waals surface area contributed by atoms with Gasteiger partial charge in [-0.25, -0.2) is 9.18 Å². The fraction of sp³-hybridized carbons (Fsp3) is 0.200. The van der Waals surface area contributed by atoms with Gasteiger partial charge in [0.05, 0.1) is 10.8 Å². The van der Waals surface area contributed by atoms with Crippen LogP contribution in [-0.2, 0) is 17.8 Å². The van der Waals surface area contributed by atoms with Gasteiger partial charge in [-0.2, -0.15) is 0 Å². The van der Waals surface area contributed by atoms with Crippen LogP contribution >= 0.6 is 11.8 Å². The molecular formula is C20H20FN5O2S. The summed E-state index contributed by atoms with van der Waals surface area (Å²) in [6.45, 7) is 2.12. The van der Waals surface area contributed by atoms with Crippen LogP contribution in [0.5, 0.6) is 0 Å². The molecule has 0 aliphatic carbocycles. The van der Waals surface area contributed by atoms with Crippen molar-refractivity contribution in [2.75, 3.05) is 0 Å². The maximum absolute atomic E-state index is 14.4. The smallest absolute Gasteiger partial charge is 0.318 e. The topological polar surface area (TPSA) is 103 Å². The van der Waals surface area contributed by atoms with Crippen LogP contribution in [-0.4, -0.2) is 32.0 Å². The molecule has 29 heavy (non-hydrogen) atoms. The van der Waals surface area contributed by atoms with Crippen LogP contribution in [0.25, 0.3) is 11.4 Å². The second-order valence-corrected chi connectivity index (χ2v) is 7.59. The molecule has 3 N–H and O–H groups in total. The predicted octanol–water partition coefficient (Wildman–Crippen LogP) is 3.00. The summed E-state index contributed by atoms with van der Waals surface area (Å²) < 4.78 is 16.1. The highest BCUT2D eigenvalue weighted by atomic mass is 32.2. The number of thioether (sulfide) groups is 1. The Labute approximate surface area is 171 Å². The van der Waals surface area contributed by atoms with Crippen molar-refractivity contribution in [2.45, 2.75) is 30.3 Å². The molecule has 150 valence electrons. The molecule has 0 aliphatic rings. The van der Waals surface area contributed by atoms with E-state index in [1.54, 1.807) is 29.7 Å². The minimum atomic E-state index is -0.917. The van der Waals surface area contributed by atoms with E-state index in [1.165, 1.54) is 6.07 Å². The molecule has 0 saturated heterocycles. The summed E-state index contributed by atoms with van der Waals surface area (Å²) in [5.41, 5.74) is 6.44. The van der Waals surface area contributed by atoms with Gasteiger partial charge < -0.3 is 10.3 Å². The first-order chi connectivity index (χ1) is 14.0. The third kappa shape index (κ3) is 5.20. The van der Waals surface area contributed by atoms with E-state index in [0.29, 0.717) is 29.5 Å². The number of imide groups is 1. The minimum absolute atomic E-state index is 0.328. The van der Waals surface area contributed by atoms with Crippen molar-refractivity contribution < 1.29 is 14.0 Å². The molecule has 0 unspecified atom stereocenters. The van der Waals surface area contributed by atoms with E-state index in [4.69, 9.17) is 5.73 Å². The lowest BCUT2D eigenvalue weighted by atomic mass is 10.1. The number of carbonyl (C=O) groups excluding carboxylic acids is 2. The van der Waals surface area contributed by atoms with Crippen LogP contribution in [0.4, 0.5) is 9.18 Å². The molecule has 3 amide bonds. The number of halogens is 1. The Morgan fingerprint density at radius 3 is 2.52 bits per heavy atom. The number of carbonyl (C=O) groups is 2. The summed E-state index contributed by atoms with van der Waals surface area (Å²) in [7, 11) is 0. The summed E-state index contributed by atoms with van der Waals surface area (Å²) in [4.78, 5) is 23.0. The van der Waals surface area contributed by atoms with Gasteiger partial charge in [0.25, 0.3) is 0 Å². The number of aryl methyl sites for hydroxylation is 1. The van der Waals surface area contributed by atoms with Gasteiger partial charge in [-0.3, -0.25) is 10.1 Å². The quantitative estimate of drug-likeness (QED) is 0.580. The van der Waals surface area contributed by atoms with Crippen LogP contribution in [0.15, 0.2) is 59.8 Å². The van der Waals surface area contributed by atoms with Crippen LogP contribution in [0.3, 0.4) is 0 Å². The molecule has 3 aromatic rings. The summed E-state index contributed by atoms with van der Waals surface area (Å²) in [6, 6.07) is 15.3. The lowest BCUT2D eigenvalue weighted by Crippen LogP contribution is -2.39. The average molecular weight is 413 g/mol. The Morgan fingerprint density at radius 1 is 1.14 bits per heavy atom. The molecule has 1 heterocycles. The maximum atomic E-state index is 14.4. The predicted molar refractivity (Wildman–Crippen MR) is 109 cm³/mol. The average Bonchev–Trinajstić information content (AvgIpc) is 3.09. The molecular weight excluding hydrogens is 393 g/mol. The Hall–Kier alpha value is -3.20. The highest BCUT2D eigenvalue weighted by Gasteiger charge is 2.22. The summed E-state index contributed by atoms with van der Waals surface area (Å²) in [5.74, 6) is -0.562. The van der Waals surface area contributed by atoms with E-state index in [1.807, 2.05) is 35.6 Å². The van der Waals surface area contributed by atoms with E-state index in [9.17, 15) is 14.0 Å². The van der Waals surface area contributed by atoms with Gasteiger partial charge in [0, 0.05) is 6.54 Å². The second-order valence-electron chi connectivity index (χ2n) is 6.29. The largest absolute Gasteiger partial charge is 0.351 e. The molecule has 1 atom stereocenters. The minimum Gasteiger partial charge on any atom is -0.351 e. The first kappa shape index (κ1) is 20.5. The summed E-state index contributed by atoms with van der Waals surface area (Å²) >= 11 is 1.12. The number of nitrogens with two attached hydrogens (primary N) is 1. The fourth-order valence-electron chi connectivity index (χ4n) is 2.74. The van der Waals surface area contributed by atoms with Gasteiger partial charge in [-0.1, -0.05) is 54.2 Å². The van der Waals surface area contributed by atoms with Crippen molar-refractivity contribution in [1.82, 2.24) is 20.1 Å². The Kier molecular flexibility index (Phi) is 6.61. The van der Waals surface area contributed by atoms with Crippen LogP contribution in [0.1, 0.15) is 12.5 Å². The number of rotatable bonds is 7. The zero-order valence-electron chi connectivity index (χ0n) is 15.7. The summed E-state index contributed by atoms with van der Waals surface area (Å²) in [6.07, 6.45) is 0.676. The van der Waals surface area contributed by atoms with Crippen molar-refractivity contribution in [3.05, 3.63) is 66.0 Å². The van der Waals surface area contributed by atoms with Crippen LogP contribution < -0.4 is 11.1 Å². The van der Waals surface area contributed by atoms with Crippen molar-refractivity contribution in [3.63, 3.8) is 0 Å². The van der Waals surface area contributed by atoms with E-state index >= 15 is 0 Å². The number of aromatic nitrogens is 3. The number of primary amides is 1. The normalized spacial score (nSPS) is 11.8. The molecule has 7 nitrogen and oxygen atoms in total. The van der Waals surface area contributed by atoms with E-state index in [-0.39, 0.29) is 0 Å². The standard InChI is InChI=1S/C20H20FN5O2S/c1-13(18(27)23-19(22)28)29-20-25-24-17(15-9-5-6-10-16(15)21)26(20)12-11-14-7-3-2-4-8-14/h2-10,13H,11-12H2,1H3,(H3,22,23,27,28)/t13-/m1/s1. The second kappa shape index (κ2) is 9.33. The number of hydrogen-bond acceptors (Lipinski definition) is 5. The lowest BCUT2D eigenvalue weighted by molar-refractivity contribution is -0.119. The number of nitrogens with zero attached hydrogens (tertiary/aromatic N) is 3. The van der Waals surface area contributed by atoms with E-state index in [2.05, 4.69) is 10.2 Å². The van der Waals surface area contributed by atoms with Crippen molar-refractivity contribution in [1.29, 1.82) is 0 Å². The van der Waals surface area contributed by atoms with Gasteiger partial charge in [0.2, 0.25) is 5.91 Å². The zero-order chi connectivity index (χ0) is 20.8. The number of amides is 3. The number of urea groups is 1. The fourth-order valence-corrected chi connectivity index (χ4v) is 3.61. The molecule has 0 aliphatic heterocycles. The van der Waals surface area contributed by atoms with E-state index < -0.39 is 23.0 Å². The van der Waals surface area contributed by atoms with Crippen molar-refractivity contribution in [2.24, 2.45) is 5.73 Å². The van der Waals surface area contributed by atoms with Crippen LogP contribution in [0, 0.1) is 5.82 Å². The van der Waals surface area contributed by atoms with Crippen molar-refractivity contribution >= 4 is 23.7 Å². The molecule has 0 saturated carbocycles. The van der Waals surface area contributed by atoms with E-state index in [0.717, 1.165) is 17.3 Å². The molecule has 0 bridgehead atoms. The molecule has 2 aromatic carbocycles. The SMILES string of the molecule is C[C@@H](Sc1nnc(-c2ccccc2F)n1CCc1ccccc1)C(=O)NC(N)=O. The highest BCUT2D eigenvalue weighted by molar-refractivity contribution is 8.00. The summed E-state index contributed by atoms with van der Waals surface area (Å²) in [5, 5.41) is 10.2. The molecule has 1 aromatic heterocycles. The molecule has 9 heteroatoms. The van der Waals surface area contributed by atoms with Gasteiger partial charge in [-0.05, 0) is 31.0 Å². The first-order valence-electron chi connectivity index (χ1n) is 8.94. The highest BCUT2D eigenvalue weighted by Crippen LogP contribution is 2.28. The third-order valence-corrected chi connectivity index (χ3v) is 5.28.